The number of aliphatic hydroxyl groups is 2. The molecule has 7 heteroatoms. The number of allylic oxidation sites excluding steroid dienone is 2. The topological polar surface area (TPSA) is 120 Å². The predicted octanol–water partition coefficient (Wildman–Crippen LogP) is 3.43. The Labute approximate surface area is 172 Å². The molecule has 0 aliphatic carbocycles. The number of hydrogen-bond donors (Lipinski definition) is 4. The van der Waals surface area contributed by atoms with E-state index in [1.165, 1.54) is 26.0 Å². The molecule has 2 heterocycles. The van der Waals surface area contributed by atoms with Gasteiger partial charge in [0, 0.05) is 17.2 Å². The monoisotopic (exact) mass is 412 g/mol. The largest absolute Gasteiger partial charge is 0.507 e. The van der Waals surface area contributed by atoms with Gasteiger partial charge in [-0.2, -0.15) is 0 Å². The van der Waals surface area contributed by atoms with Crippen molar-refractivity contribution in [1.82, 2.24) is 0 Å². The second-order valence-electron chi connectivity index (χ2n) is 8.50. The quantitative estimate of drug-likeness (QED) is 0.384. The normalized spacial score (nSPS) is 18.5. The minimum atomic E-state index is -1.35. The van der Waals surface area contributed by atoms with Gasteiger partial charge in [0.1, 0.15) is 39.9 Å². The summed E-state index contributed by atoms with van der Waals surface area (Å²) in [4.78, 5) is 13.4. The van der Waals surface area contributed by atoms with Gasteiger partial charge in [-0.15, -0.1) is 0 Å². The first kappa shape index (κ1) is 20.3. The molecule has 1 aliphatic heterocycles. The van der Waals surface area contributed by atoms with Gasteiger partial charge in [0.15, 0.2) is 6.10 Å². The summed E-state index contributed by atoms with van der Waals surface area (Å²) in [5.41, 5.74) is -0.249. The van der Waals surface area contributed by atoms with Gasteiger partial charge in [-0.25, -0.2) is 0 Å². The first-order chi connectivity index (χ1) is 14.0. The van der Waals surface area contributed by atoms with Crippen LogP contribution in [0.3, 0.4) is 0 Å². The van der Waals surface area contributed by atoms with Crippen LogP contribution in [0.1, 0.15) is 44.9 Å². The smallest absolute Gasteiger partial charge is 0.204 e. The van der Waals surface area contributed by atoms with Crippen LogP contribution in [0.2, 0.25) is 0 Å². The summed E-state index contributed by atoms with van der Waals surface area (Å²) >= 11 is 0. The van der Waals surface area contributed by atoms with Crippen molar-refractivity contribution < 1.29 is 29.6 Å². The summed E-state index contributed by atoms with van der Waals surface area (Å²) < 4.78 is 11.5. The number of aromatic hydroxyl groups is 2. The molecule has 0 amide bonds. The molecule has 3 aromatic rings. The van der Waals surface area contributed by atoms with Crippen molar-refractivity contribution in [2.24, 2.45) is 0 Å². The lowest BCUT2D eigenvalue weighted by Crippen LogP contribution is -2.41. The Bertz CT molecular complexity index is 1260. The molecule has 7 nitrogen and oxygen atoms in total. The molecule has 0 saturated carbocycles. The number of fused-ring (bicyclic) bond motifs is 4. The lowest BCUT2D eigenvalue weighted by molar-refractivity contribution is -0.0760. The number of ether oxygens (including phenoxy) is 1. The molecule has 158 valence electrons. The second-order valence-corrected chi connectivity index (χ2v) is 8.50. The van der Waals surface area contributed by atoms with Gasteiger partial charge in [0.25, 0.3) is 0 Å². The van der Waals surface area contributed by atoms with Gasteiger partial charge in [-0.05, 0) is 46.2 Å². The van der Waals surface area contributed by atoms with E-state index in [1.54, 1.807) is 6.07 Å². The van der Waals surface area contributed by atoms with E-state index in [0.717, 1.165) is 5.57 Å². The lowest BCUT2D eigenvalue weighted by atomic mass is 9.92. The Hall–Kier alpha value is -3.03. The summed E-state index contributed by atoms with van der Waals surface area (Å²) in [6.45, 7) is 6.80. The molecule has 0 spiro atoms. The summed E-state index contributed by atoms with van der Waals surface area (Å²) in [7, 11) is 0. The third kappa shape index (κ3) is 3.02. The number of hydrogen-bond acceptors (Lipinski definition) is 7. The van der Waals surface area contributed by atoms with Crippen molar-refractivity contribution in [1.29, 1.82) is 0 Å². The molecule has 2 unspecified atom stereocenters. The Morgan fingerprint density at radius 1 is 1.17 bits per heavy atom. The number of phenols is 2. The van der Waals surface area contributed by atoms with Crippen molar-refractivity contribution in [2.75, 3.05) is 0 Å². The molecule has 0 radical (unpaired) electrons. The van der Waals surface area contributed by atoms with E-state index >= 15 is 0 Å². The third-order valence-electron chi connectivity index (χ3n) is 5.43. The van der Waals surface area contributed by atoms with Crippen LogP contribution in [0.4, 0.5) is 0 Å². The van der Waals surface area contributed by atoms with Crippen LogP contribution in [-0.2, 0) is 6.42 Å². The molecule has 2 aromatic carbocycles. The van der Waals surface area contributed by atoms with E-state index in [2.05, 4.69) is 0 Å². The molecule has 30 heavy (non-hydrogen) atoms. The highest BCUT2D eigenvalue weighted by molar-refractivity contribution is 5.97. The van der Waals surface area contributed by atoms with E-state index in [9.17, 15) is 25.2 Å². The van der Waals surface area contributed by atoms with Gasteiger partial charge in [0.05, 0.1) is 11.0 Å². The molecular weight excluding hydrogens is 388 g/mol. The fourth-order valence-electron chi connectivity index (χ4n) is 3.90. The highest BCUT2D eigenvalue weighted by atomic mass is 16.5. The Kier molecular flexibility index (Phi) is 4.56. The zero-order chi connectivity index (χ0) is 22.0. The molecular formula is C23H24O7. The maximum atomic E-state index is 13.4. The molecule has 2 atom stereocenters. The minimum absolute atomic E-state index is 0.0378. The zero-order valence-corrected chi connectivity index (χ0v) is 17.2. The molecule has 0 fully saturated rings. The highest BCUT2D eigenvalue weighted by Gasteiger charge is 2.44. The zero-order valence-electron chi connectivity index (χ0n) is 17.2. The average molecular weight is 412 g/mol. The van der Waals surface area contributed by atoms with E-state index in [1.807, 2.05) is 19.9 Å². The predicted molar refractivity (Wildman–Crippen MR) is 112 cm³/mol. The van der Waals surface area contributed by atoms with Crippen LogP contribution in [0, 0.1) is 0 Å². The van der Waals surface area contributed by atoms with Gasteiger partial charge >= 0.3 is 0 Å². The fourth-order valence-corrected chi connectivity index (χ4v) is 3.90. The molecule has 1 aliphatic rings. The maximum absolute atomic E-state index is 13.4. The third-order valence-corrected chi connectivity index (χ3v) is 5.43. The Balaban J connectivity index is 2.03. The van der Waals surface area contributed by atoms with Crippen LogP contribution in [0.15, 0.2) is 39.1 Å². The van der Waals surface area contributed by atoms with Crippen LogP contribution in [0.5, 0.6) is 17.2 Å². The van der Waals surface area contributed by atoms with Gasteiger partial charge in [-0.1, -0.05) is 11.6 Å². The SMILES string of the molecule is CC(C)=CCc1c(O)cc2oc3ccc4c(c3c(=O)c2c1O)C(O)C(C(C)(C)O)O4. The van der Waals surface area contributed by atoms with Crippen molar-refractivity contribution >= 4 is 21.9 Å². The summed E-state index contributed by atoms with van der Waals surface area (Å²) in [6, 6.07) is 4.40. The minimum Gasteiger partial charge on any atom is -0.507 e. The van der Waals surface area contributed by atoms with E-state index in [0.29, 0.717) is 0 Å². The number of benzene rings is 2. The molecule has 4 rings (SSSR count). The van der Waals surface area contributed by atoms with Crippen molar-refractivity contribution in [3.05, 3.63) is 51.2 Å². The molecule has 4 N–H and O–H groups in total. The van der Waals surface area contributed by atoms with Crippen LogP contribution >= 0.6 is 0 Å². The van der Waals surface area contributed by atoms with Gasteiger partial charge in [0.2, 0.25) is 5.43 Å². The molecule has 0 bridgehead atoms. The first-order valence-corrected chi connectivity index (χ1v) is 9.68. The lowest BCUT2D eigenvalue weighted by Gasteiger charge is -2.27. The Morgan fingerprint density at radius 3 is 2.50 bits per heavy atom. The summed E-state index contributed by atoms with van der Waals surface area (Å²) in [5, 5.41) is 42.3. The van der Waals surface area contributed by atoms with E-state index < -0.39 is 23.2 Å². The van der Waals surface area contributed by atoms with Gasteiger partial charge < -0.3 is 29.6 Å². The maximum Gasteiger partial charge on any atom is 0.204 e. The number of phenolic OH excluding ortho intramolecular Hbond substituents is 2. The number of aliphatic hydroxyl groups excluding tert-OH is 1. The second kappa shape index (κ2) is 6.75. The van der Waals surface area contributed by atoms with Crippen LogP contribution in [-0.4, -0.2) is 32.1 Å². The standard InChI is InChI=1S/C23H24O7/c1-10(2)5-6-11-12(24)9-15-18(19(11)25)20(26)16-13(29-15)7-8-14-17(16)21(27)22(30-14)23(3,4)28/h5,7-9,21-22,24-25,27-28H,6H2,1-4H3. The van der Waals surface area contributed by atoms with Crippen molar-refractivity contribution in [3.8, 4) is 17.2 Å². The molecule has 1 aromatic heterocycles. The number of rotatable bonds is 3. The first-order valence-electron chi connectivity index (χ1n) is 9.68. The van der Waals surface area contributed by atoms with Crippen molar-refractivity contribution in [2.45, 2.75) is 51.9 Å². The fraction of sp³-hybridized carbons (Fsp3) is 0.348. The van der Waals surface area contributed by atoms with Gasteiger partial charge in [-0.3, -0.25) is 4.79 Å². The van der Waals surface area contributed by atoms with Crippen LogP contribution in [0.25, 0.3) is 21.9 Å². The van der Waals surface area contributed by atoms with E-state index in [-0.39, 0.29) is 56.7 Å². The average Bonchev–Trinajstić information content (AvgIpc) is 2.98. The van der Waals surface area contributed by atoms with Crippen molar-refractivity contribution in [3.63, 3.8) is 0 Å². The summed E-state index contributed by atoms with van der Waals surface area (Å²) in [5.74, 6) is -0.258. The van der Waals surface area contributed by atoms with Crippen LogP contribution < -0.4 is 10.2 Å². The Morgan fingerprint density at radius 2 is 1.87 bits per heavy atom. The highest BCUT2D eigenvalue weighted by Crippen LogP contribution is 2.45. The van der Waals surface area contributed by atoms with E-state index in [4.69, 9.17) is 9.15 Å². The molecule has 0 saturated heterocycles. The summed E-state index contributed by atoms with van der Waals surface area (Å²) in [6.07, 6.45) is -0.150.